The summed E-state index contributed by atoms with van der Waals surface area (Å²) >= 11 is 0. The highest BCUT2D eigenvalue weighted by molar-refractivity contribution is 5.95. The quantitative estimate of drug-likeness (QED) is 0.365. The van der Waals surface area contributed by atoms with E-state index in [1.165, 1.54) is 4.90 Å². The fourth-order valence-electron chi connectivity index (χ4n) is 5.11. The Morgan fingerprint density at radius 2 is 1.78 bits per heavy atom. The van der Waals surface area contributed by atoms with Gasteiger partial charge in [-0.05, 0) is 55.2 Å². The molecule has 1 saturated carbocycles. The van der Waals surface area contributed by atoms with Crippen LogP contribution in [0, 0.1) is 0 Å². The van der Waals surface area contributed by atoms with Crippen LogP contribution in [-0.4, -0.2) is 43.8 Å². The van der Waals surface area contributed by atoms with Crippen molar-refractivity contribution in [3.8, 4) is 11.6 Å². The van der Waals surface area contributed by atoms with Crippen LogP contribution in [0.25, 0.3) is 11.6 Å². The van der Waals surface area contributed by atoms with Gasteiger partial charge in [-0.2, -0.15) is 26.3 Å². The van der Waals surface area contributed by atoms with Crippen molar-refractivity contribution >= 4 is 11.6 Å². The summed E-state index contributed by atoms with van der Waals surface area (Å²) in [6.45, 7) is -0.108. The maximum Gasteiger partial charge on any atom is 0.426 e. The minimum Gasteiger partial charge on any atom is -0.416 e. The molecule has 1 aliphatic heterocycles. The lowest BCUT2D eigenvalue weighted by Crippen LogP contribution is -2.42. The Morgan fingerprint density at radius 1 is 1.02 bits per heavy atom. The van der Waals surface area contributed by atoms with Gasteiger partial charge in [-0.25, -0.2) is 4.98 Å². The summed E-state index contributed by atoms with van der Waals surface area (Å²) in [5.74, 6) is -2.61. The van der Waals surface area contributed by atoms with Crippen molar-refractivity contribution in [2.75, 3.05) is 12.3 Å². The number of hydrogen-bond acceptors (Lipinski definition) is 7. The van der Waals surface area contributed by atoms with Gasteiger partial charge >= 0.3 is 12.4 Å². The number of halogens is 6. The number of anilines is 1. The third-order valence-corrected chi connectivity index (χ3v) is 7.67. The van der Waals surface area contributed by atoms with E-state index in [-0.39, 0.29) is 32.4 Å². The predicted octanol–water partition coefficient (Wildman–Crippen LogP) is 5.97. The Balaban J connectivity index is 1.60. The SMILES string of the molecule is Nc1cc(C(F)(F)F)c2nc1-c1nnc(o1)[C@@](O)(C(F)(F)F)CCCCCN(Cc1cccc(C3CCC3)c1)C2=O. The molecule has 3 N–H and O–H groups in total. The molecule has 3 aromatic rings. The fourth-order valence-corrected chi connectivity index (χ4v) is 5.11. The smallest absolute Gasteiger partial charge is 0.416 e. The number of benzene rings is 1. The summed E-state index contributed by atoms with van der Waals surface area (Å²) in [5, 5.41) is 17.4. The average Bonchev–Trinajstić information content (AvgIpc) is 3.35. The Morgan fingerprint density at radius 3 is 2.44 bits per heavy atom. The first-order valence-electron chi connectivity index (χ1n) is 13.2. The molecule has 1 aliphatic carbocycles. The normalized spacial score (nSPS) is 21.0. The molecule has 2 aromatic heterocycles. The monoisotopic (exact) mass is 583 g/mol. The molecule has 3 heterocycles. The van der Waals surface area contributed by atoms with Crippen molar-refractivity contribution in [2.24, 2.45) is 0 Å². The van der Waals surface area contributed by atoms with E-state index in [2.05, 4.69) is 15.2 Å². The number of aliphatic hydroxyl groups is 1. The molecule has 0 radical (unpaired) electrons. The molecule has 2 aliphatic rings. The molecule has 1 fully saturated rings. The minimum absolute atomic E-state index is 0.0464. The lowest BCUT2D eigenvalue weighted by atomic mass is 9.80. The van der Waals surface area contributed by atoms with Crippen LogP contribution in [0.5, 0.6) is 0 Å². The Labute approximate surface area is 230 Å². The number of nitrogens with two attached hydrogens (primary N) is 1. The van der Waals surface area contributed by atoms with Crippen LogP contribution in [0.2, 0.25) is 0 Å². The average molecular weight is 584 g/mol. The van der Waals surface area contributed by atoms with Gasteiger partial charge < -0.3 is 20.2 Å². The number of nitrogen functional groups attached to an aromatic ring is 1. The number of rotatable bonds is 3. The Hall–Kier alpha value is -3.68. The van der Waals surface area contributed by atoms with E-state index in [1.54, 1.807) is 6.07 Å². The zero-order chi connectivity index (χ0) is 29.6. The predicted molar refractivity (Wildman–Crippen MR) is 133 cm³/mol. The molecule has 14 heteroatoms. The first-order valence-corrected chi connectivity index (χ1v) is 13.2. The summed E-state index contributed by atoms with van der Waals surface area (Å²) in [6, 6.07) is 7.93. The van der Waals surface area contributed by atoms with Gasteiger partial charge in [0.2, 0.25) is 5.60 Å². The van der Waals surface area contributed by atoms with Crippen LogP contribution in [0.4, 0.5) is 32.0 Å². The maximum atomic E-state index is 14.1. The van der Waals surface area contributed by atoms with E-state index in [0.29, 0.717) is 17.5 Å². The highest BCUT2D eigenvalue weighted by Gasteiger charge is 2.58. The van der Waals surface area contributed by atoms with Gasteiger partial charge in [-0.15, -0.1) is 10.2 Å². The highest BCUT2D eigenvalue weighted by atomic mass is 19.4. The lowest BCUT2D eigenvalue weighted by Gasteiger charge is -2.28. The largest absolute Gasteiger partial charge is 0.426 e. The summed E-state index contributed by atoms with van der Waals surface area (Å²) in [6.07, 6.45) is -7.73. The number of carbonyl (C=O) groups is 1. The molecule has 220 valence electrons. The van der Waals surface area contributed by atoms with Crippen molar-refractivity contribution in [3.63, 3.8) is 0 Å². The second-order valence-electron chi connectivity index (χ2n) is 10.5. The van der Waals surface area contributed by atoms with Gasteiger partial charge in [-0.3, -0.25) is 4.79 Å². The Bertz CT molecular complexity index is 1440. The van der Waals surface area contributed by atoms with Crippen molar-refractivity contribution in [1.82, 2.24) is 20.1 Å². The number of hydrogen-bond donors (Lipinski definition) is 2. The zero-order valence-electron chi connectivity index (χ0n) is 21.7. The molecule has 1 atom stereocenters. The fraction of sp³-hybridized carbons (Fsp3) is 0.481. The molecule has 0 unspecified atom stereocenters. The summed E-state index contributed by atoms with van der Waals surface area (Å²) < 4.78 is 89.1. The van der Waals surface area contributed by atoms with Gasteiger partial charge in [0.05, 0.1) is 11.3 Å². The molecule has 1 aromatic carbocycles. The third kappa shape index (κ3) is 5.61. The van der Waals surface area contributed by atoms with Crippen LogP contribution < -0.4 is 5.73 Å². The van der Waals surface area contributed by atoms with Crippen molar-refractivity contribution < 1.29 is 40.7 Å². The van der Waals surface area contributed by atoms with Crippen LogP contribution in [0.1, 0.15) is 83.9 Å². The zero-order valence-corrected chi connectivity index (χ0v) is 21.7. The van der Waals surface area contributed by atoms with Crippen LogP contribution in [-0.2, 0) is 18.3 Å². The molecule has 8 nitrogen and oxygen atoms in total. The summed E-state index contributed by atoms with van der Waals surface area (Å²) in [7, 11) is 0. The van der Waals surface area contributed by atoms with Crippen molar-refractivity contribution in [2.45, 2.75) is 75.4 Å². The van der Waals surface area contributed by atoms with E-state index < -0.39 is 64.7 Å². The second-order valence-corrected chi connectivity index (χ2v) is 10.5. The standard InChI is InChI=1S/C27H27F6N5O3/c28-26(29,30)18-13-19(34)21-22-36-37-24(41-22)25(40,27(31,32)33)10-2-1-3-11-38(23(39)20(18)35-21)14-15-6-4-9-17(12-15)16-7-5-8-16/h4,6,9,12-13,16,40H,1-3,5,7-8,10-11,14,34H2/t25-/m1/s1. The summed E-state index contributed by atoms with van der Waals surface area (Å²) in [4.78, 5) is 18.7. The third-order valence-electron chi connectivity index (χ3n) is 7.67. The van der Waals surface area contributed by atoms with Gasteiger partial charge in [0.25, 0.3) is 17.7 Å². The summed E-state index contributed by atoms with van der Waals surface area (Å²) in [5.41, 5.74) is 0.406. The molecular weight excluding hydrogens is 556 g/mol. The van der Waals surface area contributed by atoms with E-state index in [1.807, 2.05) is 18.2 Å². The molecule has 0 spiro atoms. The maximum absolute atomic E-state index is 14.1. The first-order chi connectivity index (χ1) is 19.3. The first kappa shape index (κ1) is 28.8. The van der Waals surface area contributed by atoms with Gasteiger partial charge in [0.1, 0.15) is 5.69 Å². The number of carbonyl (C=O) groups excluding carboxylic acids is 1. The van der Waals surface area contributed by atoms with E-state index in [4.69, 9.17) is 10.2 Å². The number of amides is 1. The van der Waals surface area contributed by atoms with E-state index in [9.17, 15) is 36.2 Å². The highest BCUT2D eigenvalue weighted by Crippen LogP contribution is 2.44. The molecule has 1 amide bonds. The van der Waals surface area contributed by atoms with Crippen LogP contribution in [0.3, 0.4) is 0 Å². The number of pyridine rings is 1. The van der Waals surface area contributed by atoms with E-state index >= 15 is 0 Å². The van der Waals surface area contributed by atoms with Crippen LogP contribution in [0.15, 0.2) is 34.7 Å². The second kappa shape index (κ2) is 10.6. The molecule has 5 rings (SSSR count). The van der Waals surface area contributed by atoms with E-state index in [0.717, 1.165) is 24.8 Å². The number of aromatic nitrogens is 3. The molecule has 4 bridgehead atoms. The topological polar surface area (TPSA) is 118 Å². The molecule has 0 saturated heterocycles. The molecular formula is C27H27F6N5O3. The van der Waals surface area contributed by atoms with Crippen molar-refractivity contribution in [3.05, 3.63) is 58.6 Å². The number of nitrogens with zero attached hydrogens (tertiary/aromatic N) is 4. The van der Waals surface area contributed by atoms with Gasteiger partial charge in [0.15, 0.2) is 5.69 Å². The van der Waals surface area contributed by atoms with Crippen LogP contribution >= 0.6 is 0 Å². The van der Waals surface area contributed by atoms with Crippen molar-refractivity contribution in [1.29, 1.82) is 0 Å². The molecule has 41 heavy (non-hydrogen) atoms. The Kier molecular flexibility index (Phi) is 7.47. The number of alkyl halides is 6. The lowest BCUT2D eigenvalue weighted by molar-refractivity contribution is -0.277. The minimum atomic E-state index is -5.19. The number of fused-ring (bicyclic) bond motifs is 5. The van der Waals surface area contributed by atoms with Gasteiger partial charge in [-0.1, -0.05) is 37.1 Å². The van der Waals surface area contributed by atoms with Gasteiger partial charge in [0, 0.05) is 13.1 Å².